The third-order valence-electron chi connectivity index (χ3n) is 5.31. The van der Waals surface area contributed by atoms with E-state index >= 15 is 0 Å². The minimum atomic E-state index is -0.156. The number of nitrogens with zero attached hydrogens (tertiary/aromatic N) is 2. The molecule has 5 rings (SSSR count). The number of benzene rings is 2. The maximum atomic E-state index is 12.6. The van der Waals surface area contributed by atoms with Gasteiger partial charge >= 0.3 is 0 Å². The van der Waals surface area contributed by atoms with Gasteiger partial charge < -0.3 is 19.7 Å². The average Bonchev–Trinajstić information content (AvgIpc) is 3.39. The highest BCUT2D eigenvalue weighted by atomic mass is 32.2. The summed E-state index contributed by atoms with van der Waals surface area (Å²) in [4.78, 5) is 33.3. The van der Waals surface area contributed by atoms with E-state index in [9.17, 15) is 9.59 Å². The van der Waals surface area contributed by atoms with Crippen LogP contribution in [0.1, 0.15) is 22.6 Å². The second kappa shape index (κ2) is 8.84. The molecule has 0 aliphatic carbocycles. The zero-order valence-electron chi connectivity index (χ0n) is 17.4. The number of hydrogen-bond acceptors (Lipinski definition) is 7. The van der Waals surface area contributed by atoms with Crippen molar-refractivity contribution in [2.45, 2.75) is 24.7 Å². The first kappa shape index (κ1) is 20.8. The lowest BCUT2D eigenvalue weighted by atomic mass is 10.1. The van der Waals surface area contributed by atoms with Gasteiger partial charge in [0.25, 0.3) is 0 Å². The Hall–Kier alpha value is -3.04. The number of carbonyl (C=O) groups is 2. The molecule has 1 aromatic heterocycles. The van der Waals surface area contributed by atoms with Gasteiger partial charge in [0.15, 0.2) is 16.6 Å². The fourth-order valence-electron chi connectivity index (χ4n) is 3.68. The van der Waals surface area contributed by atoms with Gasteiger partial charge in [-0.1, -0.05) is 18.2 Å². The van der Waals surface area contributed by atoms with Gasteiger partial charge in [0, 0.05) is 29.2 Å². The van der Waals surface area contributed by atoms with Crippen LogP contribution in [0.15, 0.2) is 47.4 Å². The van der Waals surface area contributed by atoms with Crippen LogP contribution in [0, 0.1) is 6.92 Å². The smallest absolute Gasteiger partial charge is 0.237 e. The second-order valence-corrected chi connectivity index (χ2v) is 9.59. The Labute approximate surface area is 193 Å². The number of carbonyl (C=O) groups excluding carboxylic acids is 2. The molecule has 0 saturated carbocycles. The molecule has 32 heavy (non-hydrogen) atoms. The van der Waals surface area contributed by atoms with Gasteiger partial charge in [-0.15, -0.1) is 23.1 Å². The molecule has 1 N–H and O–H groups in total. The molecule has 0 unspecified atom stereocenters. The molecule has 164 valence electrons. The Kier molecular flexibility index (Phi) is 5.75. The monoisotopic (exact) mass is 467 g/mol. The van der Waals surface area contributed by atoms with Crippen LogP contribution in [0.4, 0.5) is 10.8 Å². The van der Waals surface area contributed by atoms with Crippen LogP contribution >= 0.6 is 23.1 Å². The molecule has 0 radical (unpaired) electrons. The Morgan fingerprint density at radius 3 is 2.94 bits per heavy atom. The number of nitrogens with one attached hydrogen (secondary N) is 1. The van der Waals surface area contributed by atoms with Crippen LogP contribution in [-0.2, 0) is 16.0 Å². The number of ether oxygens (including phenoxy) is 2. The van der Waals surface area contributed by atoms with Crippen molar-refractivity contribution in [3.8, 4) is 11.5 Å². The van der Waals surface area contributed by atoms with E-state index in [1.807, 2.05) is 49.4 Å². The lowest BCUT2D eigenvalue weighted by molar-refractivity contribution is -0.117. The number of anilines is 2. The number of para-hydroxylation sites is 1. The number of rotatable bonds is 6. The summed E-state index contributed by atoms with van der Waals surface area (Å²) < 4.78 is 10.8. The van der Waals surface area contributed by atoms with Crippen LogP contribution < -0.4 is 19.7 Å². The number of fused-ring (bicyclic) bond motifs is 2. The molecule has 2 aliphatic rings. The Balaban J connectivity index is 1.21. The summed E-state index contributed by atoms with van der Waals surface area (Å²) in [6.45, 7) is 2.54. The van der Waals surface area contributed by atoms with Crippen molar-refractivity contribution in [1.29, 1.82) is 0 Å². The van der Waals surface area contributed by atoms with Crippen molar-refractivity contribution in [1.82, 2.24) is 4.98 Å². The Morgan fingerprint density at radius 2 is 2.03 bits per heavy atom. The van der Waals surface area contributed by atoms with E-state index in [2.05, 4.69) is 10.3 Å². The fraction of sp³-hybridized carbons (Fsp3) is 0.261. The van der Waals surface area contributed by atoms with E-state index in [1.54, 1.807) is 4.90 Å². The quantitative estimate of drug-likeness (QED) is 0.584. The van der Waals surface area contributed by atoms with Crippen molar-refractivity contribution in [2.24, 2.45) is 0 Å². The molecule has 2 amide bonds. The summed E-state index contributed by atoms with van der Waals surface area (Å²) in [6.07, 6.45) is 0.910. The van der Waals surface area contributed by atoms with Crippen molar-refractivity contribution in [3.05, 3.63) is 58.6 Å². The zero-order valence-corrected chi connectivity index (χ0v) is 19.1. The number of amides is 2. The maximum absolute atomic E-state index is 12.6. The highest BCUT2D eigenvalue weighted by Gasteiger charge is 2.25. The minimum Gasteiger partial charge on any atom is -0.454 e. The highest BCUT2D eigenvalue weighted by Crippen LogP contribution is 2.36. The van der Waals surface area contributed by atoms with E-state index in [-0.39, 0.29) is 25.0 Å². The standard InChI is InChI=1S/C23H21N3O4S2/c1-14-20(11-15-6-7-17-18(10-15)30-13-29-17)32-23(24-14)25-21(27)8-9-26-16-4-2-3-5-19(16)31-12-22(26)28/h2-7,10H,8-9,11-13H2,1H3,(H,24,25,27). The van der Waals surface area contributed by atoms with Gasteiger partial charge in [-0.2, -0.15) is 0 Å². The van der Waals surface area contributed by atoms with Crippen LogP contribution in [-0.4, -0.2) is 35.9 Å². The summed E-state index contributed by atoms with van der Waals surface area (Å²) in [6, 6.07) is 13.7. The Morgan fingerprint density at radius 1 is 1.19 bits per heavy atom. The number of thioether (sulfide) groups is 1. The molecule has 0 atom stereocenters. The first-order chi connectivity index (χ1) is 15.6. The molecular formula is C23H21N3O4S2. The van der Waals surface area contributed by atoms with Crippen LogP contribution in [0.5, 0.6) is 11.5 Å². The third kappa shape index (κ3) is 4.31. The fourth-order valence-corrected chi connectivity index (χ4v) is 5.62. The summed E-state index contributed by atoms with van der Waals surface area (Å²) in [7, 11) is 0. The van der Waals surface area contributed by atoms with E-state index in [0.29, 0.717) is 23.8 Å². The zero-order chi connectivity index (χ0) is 22.1. The number of thiazole rings is 1. The van der Waals surface area contributed by atoms with E-state index in [0.717, 1.165) is 38.2 Å². The first-order valence-electron chi connectivity index (χ1n) is 10.2. The average molecular weight is 468 g/mol. The topological polar surface area (TPSA) is 80.8 Å². The van der Waals surface area contributed by atoms with Crippen LogP contribution in [0.2, 0.25) is 0 Å². The van der Waals surface area contributed by atoms with Gasteiger partial charge in [0.1, 0.15) is 0 Å². The summed E-state index contributed by atoms with van der Waals surface area (Å²) in [5.41, 5.74) is 2.86. The van der Waals surface area contributed by atoms with Crippen LogP contribution in [0.3, 0.4) is 0 Å². The van der Waals surface area contributed by atoms with Gasteiger partial charge in [0.2, 0.25) is 18.6 Å². The number of hydrogen-bond donors (Lipinski definition) is 1. The molecule has 2 aliphatic heterocycles. The molecule has 3 aromatic rings. The van der Waals surface area contributed by atoms with E-state index in [4.69, 9.17) is 9.47 Å². The summed E-state index contributed by atoms with van der Waals surface area (Å²) in [5.74, 6) is 1.78. The largest absolute Gasteiger partial charge is 0.454 e. The van der Waals surface area contributed by atoms with Crippen molar-refractivity contribution in [3.63, 3.8) is 0 Å². The molecule has 7 nitrogen and oxygen atoms in total. The first-order valence-corrected chi connectivity index (χ1v) is 12.0. The van der Waals surface area contributed by atoms with E-state index in [1.165, 1.54) is 23.1 Å². The normalized spacial score (nSPS) is 14.4. The van der Waals surface area contributed by atoms with Crippen molar-refractivity contribution in [2.75, 3.05) is 29.3 Å². The van der Waals surface area contributed by atoms with Crippen molar-refractivity contribution >= 4 is 45.7 Å². The second-order valence-electron chi connectivity index (χ2n) is 7.49. The van der Waals surface area contributed by atoms with Gasteiger partial charge in [-0.25, -0.2) is 4.98 Å². The van der Waals surface area contributed by atoms with Crippen LogP contribution in [0.25, 0.3) is 0 Å². The molecule has 9 heteroatoms. The molecular weight excluding hydrogens is 446 g/mol. The number of aromatic nitrogens is 1. The molecule has 0 fully saturated rings. The molecule has 0 bridgehead atoms. The summed E-state index contributed by atoms with van der Waals surface area (Å²) >= 11 is 3.00. The van der Waals surface area contributed by atoms with Gasteiger partial charge in [-0.3, -0.25) is 9.59 Å². The predicted molar refractivity (Wildman–Crippen MR) is 125 cm³/mol. The van der Waals surface area contributed by atoms with E-state index < -0.39 is 0 Å². The SMILES string of the molecule is Cc1nc(NC(=O)CCN2C(=O)CSc3ccccc32)sc1Cc1ccc2c(c1)OCO2. The molecule has 0 spiro atoms. The number of aryl methyl sites for hydroxylation is 1. The highest BCUT2D eigenvalue weighted by molar-refractivity contribution is 8.00. The molecule has 0 saturated heterocycles. The predicted octanol–water partition coefficient (Wildman–Crippen LogP) is 4.24. The minimum absolute atomic E-state index is 0.0256. The maximum Gasteiger partial charge on any atom is 0.237 e. The lowest BCUT2D eigenvalue weighted by Crippen LogP contribution is -2.37. The van der Waals surface area contributed by atoms with Gasteiger partial charge in [-0.05, 0) is 36.8 Å². The Bertz CT molecular complexity index is 1190. The van der Waals surface area contributed by atoms with Gasteiger partial charge in [0.05, 0.1) is 17.1 Å². The molecule has 2 aromatic carbocycles. The third-order valence-corrected chi connectivity index (χ3v) is 7.43. The molecule has 3 heterocycles. The lowest BCUT2D eigenvalue weighted by Gasteiger charge is -2.28. The summed E-state index contributed by atoms with van der Waals surface area (Å²) in [5, 5.41) is 3.46. The van der Waals surface area contributed by atoms with Crippen molar-refractivity contribution < 1.29 is 19.1 Å².